The average molecular weight is 238 g/mol. The number of carbonyl (C=O) groups is 2. The molecule has 0 amide bonds. The molecule has 0 saturated heterocycles. The van der Waals surface area contributed by atoms with E-state index in [0.29, 0.717) is 0 Å². The molecular formula is C12H11FO4. The lowest BCUT2D eigenvalue weighted by molar-refractivity contribution is -0.153. The van der Waals surface area contributed by atoms with Gasteiger partial charge in [0, 0.05) is 6.42 Å². The van der Waals surface area contributed by atoms with Crippen molar-refractivity contribution in [2.45, 2.75) is 18.7 Å². The lowest BCUT2D eigenvalue weighted by Gasteiger charge is -2.05. The molecule has 1 aromatic rings. The number of esters is 1. The first-order chi connectivity index (χ1) is 8.04. The summed E-state index contributed by atoms with van der Waals surface area (Å²) >= 11 is 0. The number of carboxylic acids is 1. The number of hydrogen-bond acceptors (Lipinski definition) is 3. The zero-order valence-electron chi connectivity index (χ0n) is 8.93. The molecule has 1 aliphatic rings. The molecular weight excluding hydrogens is 227 g/mol. The van der Waals surface area contributed by atoms with Gasteiger partial charge in [0.15, 0.2) is 0 Å². The minimum atomic E-state index is -2.42. The molecule has 1 N–H and O–H groups in total. The number of carbonyl (C=O) groups excluding carboxylic acids is 1. The SMILES string of the molecule is O=C(OCc1ccccc1)[C@H]1C[C@]1(F)C(=O)O. The van der Waals surface area contributed by atoms with Crippen LogP contribution >= 0.6 is 0 Å². The van der Waals surface area contributed by atoms with E-state index < -0.39 is 23.5 Å². The lowest BCUT2D eigenvalue weighted by Crippen LogP contribution is -2.23. The minimum absolute atomic E-state index is 0.0336. The Kier molecular flexibility index (Phi) is 2.83. The highest BCUT2D eigenvalue weighted by atomic mass is 19.1. The molecule has 17 heavy (non-hydrogen) atoms. The summed E-state index contributed by atoms with van der Waals surface area (Å²) in [5.41, 5.74) is -1.64. The molecule has 0 spiro atoms. The fraction of sp³-hybridized carbons (Fsp3) is 0.333. The number of alkyl halides is 1. The van der Waals surface area contributed by atoms with Crippen LogP contribution < -0.4 is 0 Å². The maximum Gasteiger partial charge on any atom is 0.342 e. The van der Waals surface area contributed by atoms with Gasteiger partial charge in [-0.1, -0.05) is 30.3 Å². The zero-order chi connectivity index (χ0) is 12.5. The molecule has 2 rings (SSSR count). The van der Waals surface area contributed by atoms with Gasteiger partial charge in [0.1, 0.15) is 12.5 Å². The van der Waals surface area contributed by atoms with Gasteiger partial charge in [-0.25, -0.2) is 9.18 Å². The smallest absolute Gasteiger partial charge is 0.342 e. The van der Waals surface area contributed by atoms with Crippen molar-refractivity contribution in [2.75, 3.05) is 0 Å². The van der Waals surface area contributed by atoms with Crippen molar-refractivity contribution >= 4 is 11.9 Å². The largest absolute Gasteiger partial charge is 0.479 e. The van der Waals surface area contributed by atoms with Crippen LogP contribution in [-0.4, -0.2) is 22.7 Å². The van der Waals surface area contributed by atoms with Gasteiger partial charge in [-0.05, 0) is 5.56 Å². The van der Waals surface area contributed by atoms with Crippen molar-refractivity contribution in [3.8, 4) is 0 Å². The first kappa shape index (κ1) is 11.6. The Balaban J connectivity index is 1.86. The topological polar surface area (TPSA) is 63.6 Å². The second-order valence-electron chi connectivity index (χ2n) is 4.02. The van der Waals surface area contributed by atoms with Crippen molar-refractivity contribution in [3.05, 3.63) is 35.9 Å². The Hall–Kier alpha value is -1.91. The molecule has 1 aliphatic carbocycles. The van der Waals surface area contributed by atoms with Gasteiger partial charge in [0.05, 0.1) is 0 Å². The number of ether oxygens (including phenoxy) is 1. The van der Waals surface area contributed by atoms with Crippen LogP contribution in [-0.2, 0) is 20.9 Å². The Morgan fingerprint density at radius 1 is 1.41 bits per heavy atom. The number of hydrogen-bond donors (Lipinski definition) is 1. The molecule has 4 nitrogen and oxygen atoms in total. The first-order valence-electron chi connectivity index (χ1n) is 5.17. The molecule has 5 heteroatoms. The highest BCUT2D eigenvalue weighted by molar-refractivity contribution is 5.92. The van der Waals surface area contributed by atoms with Crippen molar-refractivity contribution in [1.29, 1.82) is 0 Å². The van der Waals surface area contributed by atoms with Crippen LogP contribution in [0.15, 0.2) is 30.3 Å². The van der Waals surface area contributed by atoms with Crippen molar-refractivity contribution in [3.63, 3.8) is 0 Å². The summed E-state index contributed by atoms with van der Waals surface area (Å²) in [6.07, 6.45) is -0.296. The van der Waals surface area contributed by atoms with E-state index in [4.69, 9.17) is 9.84 Å². The molecule has 1 fully saturated rings. The van der Waals surface area contributed by atoms with Crippen LogP contribution in [0.2, 0.25) is 0 Å². The summed E-state index contributed by atoms with van der Waals surface area (Å²) < 4.78 is 18.2. The summed E-state index contributed by atoms with van der Waals surface area (Å²) in [5, 5.41) is 8.53. The van der Waals surface area contributed by atoms with Crippen LogP contribution in [0.4, 0.5) is 4.39 Å². The molecule has 2 atom stereocenters. The Bertz CT molecular complexity index is 445. The van der Waals surface area contributed by atoms with Crippen LogP contribution in [0.25, 0.3) is 0 Å². The Morgan fingerprint density at radius 2 is 2.06 bits per heavy atom. The third-order valence-corrected chi connectivity index (χ3v) is 2.76. The van der Waals surface area contributed by atoms with Gasteiger partial charge < -0.3 is 9.84 Å². The molecule has 0 bridgehead atoms. The number of rotatable bonds is 4. The second kappa shape index (κ2) is 4.16. The highest BCUT2D eigenvalue weighted by Crippen LogP contribution is 2.48. The van der Waals surface area contributed by atoms with Gasteiger partial charge in [-0.3, -0.25) is 4.79 Å². The van der Waals surface area contributed by atoms with E-state index in [9.17, 15) is 14.0 Å². The number of halogens is 1. The van der Waals surface area contributed by atoms with Crippen molar-refractivity contribution < 1.29 is 23.8 Å². The summed E-state index contributed by atoms with van der Waals surface area (Å²) in [5.74, 6) is -3.55. The molecule has 0 aromatic heterocycles. The third-order valence-electron chi connectivity index (χ3n) is 2.76. The fourth-order valence-corrected chi connectivity index (χ4v) is 1.57. The van der Waals surface area contributed by atoms with Gasteiger partial charge >= 0.3 is 11.9 Å². The maximum atomic E-state index is 13.4. The summed E-state index contributed by atoms with van der Waals surface area (Å²) in [6, 6.07) is 8.93. The predicted molar refractivity (Wildman–Crippen MR) is 55.8 cm³/mol. The molecule has 1 aromatic carbocycles. The lowest BCUT2D eigenvalue weighted by atomic mass is 10.2. The van der Waals surface area contributed by atoms with Gasteiger partial charge in [0.25, 0.3) is 0 Å². The Labute approximate surface area is 97.0 Å². The standard InChI is InChI=1S/C12H11FO4/c13-12(11(15)16)6-9(12)10(14)17-7-8-4-2-1-3-5-8/h1-5,9H,6-7H2,(H,15,16)/t9-,12-/m1/s1. The molecule has 90 valence electrons. The van der Waals surface area contributed by atoms with Gasteiger partial charge in [-0.2, -0.15) is 0 Å². The van der Waals surface area contributed by atoms with Crippen LogP contribution in [0, 0.1) is 5.92 Å². The van der Waals surface area contributed by atoms with Crippen LogP contribution in [0.5, 0.6) is 0 Å². The van der Waals surface area contributed by atoms with E-state index in [1.54, 1.807) is 24.3 Å². The maximum absolute atomic E-state index is 13.4. The molecule has 0 radical (unpaired) electrons. The van der Waals surface area contributed by atoms with E-state index in [-0.39, 0.29) is 13.0 Å². The van der Waals surface area contributed by atoms with Crippen molar-refractivity contribution in [1.82, 2.24) is 0 Å². The zero-order valence-corrected chi connectivity index (χ0v) is 8.93. The van der Waals surface area contributed by atoms with Gasteiger partial charge in [-0.15, -0.1) is 0 Å². The normalized spacial score (nSPS) is 26.3. The third kappa shape index (κ3) is 2.27. The molecule has 0 aliphatic heterocycles. The molecule has 0 heterocycles. The average Bonchev–Trinajstić information content (AvgIpc) is 3.02. The fourth-order valence-electron chi connectivity index (χ4n) is 1.57. The van der Waals surface area contributed by atoms with Crippen LogP contribution in [0.3, 0.4) is 0 Å². The number of carboxylic acid groups (broad SMARTS) is 1. The first-order valence-corrected chi connectivity index (χ1v) is 5.17. The summed E-state index contributed by atoms with van der Waals surface area (Å²) in [6.45, 7) is 0.0336. The minimum Gasteiger partial charge on any atom is -0.479 e. The van der Waals surface area contributed by atoms with E-state index in [2.05, 4.69) is 0 Å². The second-order valence-corrected chi connectivity index (χ2v) is 4.02. The predicted octanol–water partition coefficient (Wildman–Crippen LogP) is 1.54. The van der Waals surface area contributed by atoms with Crippen LogP contribution in [0.1, 0.15) is 12.0 Å². The number of benzene rings is 1. The van der Waals surface area contributed by atoms with E-state index in [0.717, 1.165) is 5.56 Å². The monoisotopic (exact) mass is 238 g/mol. The highest BCUT2D eigenvalue weighted by Gasteiger charge is 2.66. The molecule has 0 unspecified atom stereocenters. The quantitative estimate of drug-likeness (QED) is 0.808. The van der Waals surface area contributed by atoms with E-state index in [1.165, 1.54) is 0 Å². The van der Waals surface area contributed by atoms with Gasteiger partial charge in [0.2, 0.25) is 5.67 Å². The Morgan fingerprint density at radius 3 is 2.59 bits per heavy atom. The van der Waals surface area contributed by atoms with E-state index in [1.807, 2.05) is 6.07 Å². The number of aliphatic carboxylic acids is 1. The van der Waals surface area contributed by atoms with Crippen molar-refractivity contribution in [2.24, 2.45) is 5.92 Å². The summed E-state index contributed by atoms with van der Waals surface area (Å²) in [7, 11) is 0. The van der Waals surface area contributed by atoms with E-state index >= 15 is 0 Å². The summed E-state index contributed by atoms with van der Waals surface area (Å²) in [4.78, 5) is 21.9. The molecule has 1 saturated carbocycles.